The number of methoxy groups -OCH3 is 1. The normalized spacial score (nSPS) is 24.4. The summed E-state index contributed by atoms with van der Waals surface area (Å²) in [7, 11) is 1.51. The summed E-state index contributed by atoms with van der Waals surface area (Å²) in [5, 5.41) is 13.1. The lowest BCUT2D eigenvalue weighted by atomic mass is 9.92. The minimum Gasteiger partial charge on any atom is -0.494 e. The summed E-state index contributed by atoms with van der Waals surface area (Å²) >= 11 is 0. The van der Waals surface area contributed by atoms with Gasteiger partial charge in [-0.1, -0.05) is 12.8 Å². The number of anilines is 1. The summed E-state index contributed by atoms with van der Waals surface area (Å²) in [6.45, 7) is 0. The Balaban J connectivity index is 2.11. The molecule has 4 heteroatoms. The second-order valence-corrected chi connectivity index (χ2v) is 4.45. The molecule has 1 saturated carbocycles. The van der Waals surface area contributed by atoms with E-state index in [4.69, 9.17) is 4.74 Å². The van der Waals surface area contributed by atoms with Gasteiger partial charge in [0, 0.05) is 6.07 Å². The average Bonchev–Trinajstić information content (AvgIpc) is 2.34. The topological polar surface area (TPSA) is 41.5 Å². The zero-order valence-electron chi connectivity index (χ0n) is 9.95. The lowest BCUT2D eigenvalue weighted by molar-refractivity contribution is 0.116. The number of ether oxygens (including phenoxy) is 1. The van der Waals surface area contributed by atoms with Crippen molar-refractivity contribution in [2.24, 2.45) is 0 Å². The Morgan fingerprint density at radius 2 is 2.12 bits per heavy atom. The summed E-state index contributed by atoms with van der Waals surface area (Å²) in [5.41, 5.74) is 0.736. The number of aliphatic hydroxyl groups is 1. The maximum atomic E-state index is 13.0. The Bertz CT molecular complexity index is 384. The van der Waals surface area contributed by atoms with E-state index in [1.807, 2.05) is 0 Å². The smallest absolute Gasteiger partial charge is 0.144 e. The highest BCUT2D eigenvalue weighted by molar-refractivity contribution is 5.57. The van der Waals surface area contributed by atoms with Crippen LogP contribution in [0.1, 0.15) is 25.7 Å². The Morgan fingerprint density at radius 1 is 1.35 bits per heavy atom. The third-order valence-corrected chi connectivity index (χ3v) is 3.23. The van der Waals surface area contributed by atoms with Crippen LogP contribution in [0.5, 0.6) is 5.75 Å². The van der Waals surface area contributed by atoms with Gasteiger partial charge in [0.15, 0.2) is 0 Å². The molecule has 0 bridgehead atoms. The van der Waals surface area contributed by atoms with Crippen LogP contribution in [0.15, 0.2) is 18.2 Å². The third kappa shape index (κ3) is 2.88. The Kier molecular flexibility index (Phi) is 3.84. The van der Waals surface area contributed by atoms with Crippen LogP contribution in [0.25, 0.3) is 0 Å². The van der Waals surface area contributed by atoms with Crippen LogP contribution in [0.4, 0.5) is 10.1 Å². The number of hydrogen-bond donors (Lipinski definition) is 2. The monoisotopic (exact) mass is 239 g/mol. The van der Waals surface area contributed by atoms with Crippen LogP contribution in [0.2, 0.25) is 0 Å². The number of aliphatic hydroxyl groups excluding tert-OH is 1. The minimum absolute atomic E-state index is 0.0307. The molecule has 2 atom stereocenters. The minimum atomic E-state index is -0.335. The van der Waals surface area contributed by atoms with Crippen molar-refractivity contribution in [3.05, 3.63) is 24.0 Å². The molecule has 0 aliphatic heterocycles. The average molecular weight is 239 g/mol. The van der Waals surface area contributed by atoms with Crippen LogP contribution in [-0.2, 0) is 0 Å². The van der Waals surface area contributed by atoms with Crippen LogP contribution in [-0.4, -0.2) is 24.4 Å². The quantitative estimate of drug-likeness (QED) is 0.851. The molecule has 0 amide bonds. The van der Waals surface area contributed by atoms with Gasteiger partial charge in [-0.15, -0.1) is 0 Å². The molecular formula is C13H18FNO2. The third-order valence-electron chi connectivity index (χ3n) is 3.23. The second kappa shape index (κ2) is 5.36. The van der Waals surface area contributed by atoms with Crippen LogP contribution in [0.3, 0.4) is 0 Å². The fraction of sp³-hybridized carbons (Fsp3) is 0.538. The molecule has 0 unspecified atom stereocenters. The van der Waals surface area contributed by atoms with E-state index < -0.39 is 0 Å². The first-order chi connectivity index (χ1) is 8.20. The van der Waals surface area contributed by atoms with Gasteiger partial charge in [0.05, 0.1) is 24.9 Å². The molecule has 1 aromatic rings. The highest BCUT2D eigenvalue weighted by atomic mass is 19.1. The van der Waals surface area contributed by atoms with E-state index in [0.717, 1.165) is 31.4 Å². The summed E-state index contributed by atoms with van der Waals surface area (Å²) in [6, 6.07) is 4.41. The molecular weight excluding hydrogens is 221 g/mol. The van der Waals surface area contributed by atoms with Gasteiger partial charge in [-0.25, -0.2) is 4.39 Å². The van der Waals surface area contributed by atoms with Crippen LogP contribution < -0.4 is 10.1 Å². The molecule has 2 N–H and O–H groups in total. The first-order valence-electron chi connectivity index (χ1n) is 5.99. The SMILES string of the molecule is COc1cc(F)ccc1N[C@@H]1CCCC[C@H]1O. The van der Waals surface area contributed by atoms with E-state index in [1.54, 1.807) is 6.07 Å². The molecule has 1 aliphatic rings. The van der Waals surface area contributed by atoms with E-state index in [-0.39, 0.29) is 18.0 Å². The van der Waals surface area contributed by atoms with Crippen molar-refractivity contribution in [3.8, 4) is 5.75 Å². The molecule has 1 aromatic carbocycles. The van der Waals surface area contributed by atoms with Crippen molar-refractivity contribution >= 4 is 5.69 Å². The molecule has 3 nitrogen and oxygen atoms in total. The van der Waals surface area contributed by atoms with E-state index in [9.17, 15) is 9.50 Å². The summed E-state index contributed by atoms with van der Waals surface area (Å²) < 4.78 is 18.2. The van der Waals surface area contributed by atoms with E-state index in [0.29, 0.717) is 5.75 Å². The zero-order chi connectivity index (χ0) is 12.3. The van der Waals surface area contributed by atoms with Gasteiger partial charge in [0.2, 0.25) is 0 Å². The van der Waals surface area contributed by atoms with E-state index >= 15 is 0 Å². The highest BCUT2D eigenvalue weighted by Gasteiger charge is 2.23. The van der Waals surface area contributed by atoms with E-state index in [1.165, 1.54) is 19.2 Å². The molecule has 0 radical (unpaired) electrons. The number of benzene rings is 1. The molecule has 2 rings (SSSR count). The van der Waals surface area contributed by atoms with Gasteiger partial charge in [-0.05, 0) is 25.0 Å². The zero-order valence-corrected chi connectivity index (χ0v) is 9.95. The molecule has 0 saturated heterocycles. The highest BCUT2D eigenvalue weighted by Crippen LogP contribution is 2.29. The van der Waals surface area contributed by atoms with Gasteiger partial charge in [0.25, 0.3) is 0 Å². The second-order valence-electron chi connectivity index (χ2n) is 4.45. The predicted molar refractivity (Wildman–Crippen MR) is 64.8 cm³/mol. The molecule has 0 spiro atoms. The Morgan fingerprint density at radius 3 is 2.82 bits per heavy atom. The predicted octanol–water partition coefficient (Wildman–Crippen LogP) is 2.55. The Hall–Kier alpha value is -1.29. The van der Waals surface area contributed by atoms with Crippen LogP contribution in [0, 0.1) is 5.82 Å². The van der Waals surface area contributed by atoms with Gasteiger partial charge in [0.1, 0.15) is 11.6 Å². The maximum Gasteiger partial charge on any atom is 0.144 e. The largest absolute Gasteiger partial charge is 0.494 e. The lowest BCUT2D eigenvalue weighted by Gasteiger charge is -2.29. The van der Waals surface area contributed by atoms with Crippen molar-refractivity contribution in [1.29, 1.82) is 0 Å². The van der Waals surface area contributed by atoms with Gasteiger partial charge in [-0.2, -0.15) is 0 Å². The van der Waals surface area contributed by atoms with Gasteiger partial charge in [-0.3, -0.25) is 0 Å². The number of hydrogen-bond acceptors (Lipinski definition) is 3. The first-order valence-corrected chi connectivity index (χ1v) is 5.99. The molecule has 0 heterocycles. The molecule has 1 fully saturated rings. The lowest BCUT2D eigenvalue weighted by Crippen LogP contribution is -2.36. The van der Waals surface area contributed by atoms with Crippen molar-refractivity contribution in [3.63, 3.8) is 0 Å². The summed E-state index contributed by atoms with van der Waals surface area (Å²) in [4.78, 5) is 0. The van der Waals surface area contributed by atoms with Crippen molar-refractivity contribution in [2.75, 3.05) is 12.4 Å². The molecule has 1 aliphatic carbocycles. The fourth-order valence-electron chi connectivity index (χ4n) is 2.26. The van der Waals surface area contributed by atoms with Gasteiger partial charge >= 0.3 is 0 Å². The van der Waals surface area contributed by atoms with Crippen molar-refractivity contribution in [2.45, 2.75) is 37.8 Å². The van der Waals surface area contributed by atoms with E-state index in [2.05, 4.69) is 5.32 Å². The van der Waals surface area contributed by atoms with Gasteiger partial charge < -0.3 is 15.2 Å². The Labute approximate surface area is 101 Å². The number of halogens is 1. The number of rotatable bonds is 3. The summed E-state index contributed by atoms with van der Waals surface area (Å²) in [5.74, 6) is 0.152. The van der Waals surface area contributed by atoms with Crippen LogP contribution >= 0.6 is 0 Å². The molecule has 17 heavy (non-hydrogen) atoms. The molecule has 94 valence electrons. The van der Waals surface area contributed by atoms with Crippen molar-refractivity contribution < 1.29 is 14.2 Å². The van der Waals surface area contributed by atoms with Crippen molar-refractivity contribution in [1.82, 2.24) is 0 Å². The fourth-order valence-corrected chi connectivity index (χ4v) is 2.26. The molecule has 0 aromatic heterocycles. The standard InChI is InChI=1S/C13H18FNO2/c1-17-13-8-9(14)6-7-11(13)15-10-4-2-3-5-12(10)16/h6-8,10,12,15-16H,2-5H2,1H3/t10-,12-/m1/s1. The number of nitrogens with one attached hydrogen (secondary N) is 1. The summed E-state index contributed by atoms with van der Waals surface area (Å²) in [6.07, 6.45) is 3.60. The maximum absolute atomic E-state index is 13.0. The first kappa shape index (κ1) is 12.2.